The molecule has 160 valence electrons. The number of carbonyl (C=O) groups is 2. The van der Waals surface area contributed by atoms with Gasteiger partial charge < -0.3 is 5.32 Å². The first kappa shape index (κ1) is 19.5. The van der Waals surface area contributed by atoms with Gasteiger partial charge in [-0.15, -0.1) is 11.3 Å². The van der Waals surface area contributed by atoms with Crippen molar-refractivity contribution >= 4 is 34.4 Å². The predicted octanol–water partition coefficient (Wildman–Crippen LogP) is 6.06. The predicted molar refractivity (Wildman–Crippen MR) is 128 cm³/mol. The lowest BCUT2D eigenvalue weighted by molar-refractivity contribution is -0.120. The molecule has 2 aliphatic carbocycles. The number of para-hydroxylation sites is 2. The lowest BCUT2D eigenvalue weighted by atomic mass is 9.79. The Balaban J connectivity index is 1.53. The van der Waals surface area contributed by atoms with Gasteiger partial charge in [-0.05, 0) is 54.3 Å². The van der Waals surface area contributed by atoms with E-state index in [-0.39, 0.29) is 29.6 Å². The summed E-state index contributed by atoms with van der Waals surface area (Å²) in [6.07, 6.45) is 3.08. The Hall–Kier alpha value is -3.18. The molecule has 4 nitrogen and oxygen atoms in total. The fourth-order valence-corrected chi connectivity index (χ4v) is 5.86. The molecule has 3 aliphatic rings. The molecule has 1 aliphatic heterocycles. The average Bonchev–Trinajstić information content (AvgIpc) is 3.56. The molecule has 0 saturated heterocycles. The summed E-state index contributed by atoms with van der Waals surface area (Å²) >= 11 is 1.61. The van der Waals surface area contributed by atoms with Gasteiger partial charge in [0.1, 0.15) is 6.04 Å². The van der Waals surface area contributed by atoms with E-state index in [1.807, 2.05) is 58.8 Å². The van der Waals surface area contributed by atoms with Gasteiger partial charge in [0.15, 0.2) is 5.78 Å². The molecule has 3 aromatic rings. The molecule has 2 heterocycles. The first-order valence-electron chi connectivity index (χ1n) is 11.2. The zero-order chi connectivity index (χ0) is 21.7. The van der Waals surface area contributed by atoms with Crippen molar-refractivity contribution < 1.29 is 9.59 Å². The van der Waals surface area contributed by atoms with Crippen LogP contribution in [0.1, 0.15) is 48.1 Å². The van der Waals surface area contributed by atoms with Gasteiger partial charge in [0.05, 0.1) is 11.4 Å². The number of Topliss-reactive ketones (excluding diaryl/α,β-unsaturated/α-hetero) is 1. The Morgan fingerprint density at radius 1 is 0.938 bits per heavy atom. The zero-order valence-corrected chi connectivity index (χ0v) is 18.5. The van der Waals surface area contributed by atoms with Crippen LogP contribution in [-0.2, 0) is 9.59 Å². The third-order valence-corrected chi connectivity index (χ3v) is 7.66. The van der Waals surface area contributed by atoms with Crippen LogP contribution in [0.25, 0.3) is 0 Å². The second-order valence-electron chi connectivity index (χ2n) is 8.87. The van der Waals surface area contributed by atoms with Crippen LogP contribution in [0, 0.1) is 5.92 Å². The molecule has 0 radical (unpaired) electrons. The zero-order valence-electron chi connectivity index (χ0n) is 17.7. The van der Waals surface area contributed by atoms with Gasteiger partial charge in [0.2, 0.25) is 5.91 Å². The largest absolute Gasteiger partial charge is 0.357 e. The van der Waals surface area contributed by atoms with Gasteiger partial charge in [-0.1, -0.05) is 48.5 Å². The molecular weight excluding hydrogens is 416 g/mol. The molecular formula is C27H24N2O2S. The van der Waals surface area contributed by atoms with Crippen molar-refractivity contribution in [1.82, 2.24) is 0 Å². The number of carbonyl (C=O) groups excluding carboxylic acids is 2. The number of allylic oxidation sites excluding steroid dienone is 1. The van der Waals surface area contributed by atoms with Crippen molar-refractivity contribution in [2.24, 2.45) is 5.92 Å². The van der Waals surface area contributed by atoms with Crippen LogP contribution in [0.2, 0.25) is 0 Å². The number of amides is 1. The average molecular weight is 441 g/mol. The van der Waals surface area contributed by atoms with Gasteiger partial charge in [-0.3, -0.25) is 14.5 Å². The number of fused-ring (bicyclic) bond motifs is 1. The van der Waals surface area contributed by atoms with Crippen LogP contribution in [0.3, 0.4) is 0 Å². The van der Waals surface area contributed by atoms with Crippen molar-refractivity contribution in [2.75, 3.05) is 10.2 Å². The first-order valence-corrected chi connectivity index (χ1v) is 12.1. The van der Waals surface area contributed by atoms with E-state index in [0.29, 0.717) is 6.42 Å². The van der Waals surface area contributed by atoms with Crippen LogP contribution in [0.4, 0.5) is 11.4 Å². The maximum atomic E-state index is 13.7. The van der Waals surface area contributed by atoms with E-state index in [1.54, 1.807) is 11.3 Å². The molecule has 1 aromatic heterocycles. The second kappa shape index (κ2) is 7.75. The highest BCUT2D eigenvalue weighted by Crippen LogP contribution is 2.49. The Morgan fingerprint density at radius 3 is 2.47 bits per heavy atom. The van der Waals surface area contributed by atoms with Crippen LogP contribution in [0.5, 0.6) is 0 Å². The molecule has 2 unspecified atom stereocenters. The molecule has 1 saturated carbocycles. The van der Waals surface area contributed by atoms with Crippen LogP contribution >= 0.6 is 11.3 Å². The maximum absolute atomic E-state index is 13.7. The lowest BCUT2D eigenvalue weighted by Gasteiger charge is -2.34. The van der Waals surface area contributed by atoms with Gasteiger partial charge in [0, 0.05) is 28.5 Å². The highest BCUT2D eigenvalue weighted by atomic mass is 32.1. The molecule has 5 heteroatoms. The third-order valence-electron chi connectivity index (χ3n) is 6.74. The Kier molecular flexibility index (Phi) is 4.72. The summed E-state index contributed by atoms with van der Waals surface area (Å²) in [5, 5.41) is 5.62. The summed E-state index contributed by atoms with van der Waals surface area (Å²) in [5.41, 5.74) is 4.65. The molecule has 1 amide bonds. The van der Waals surface area contributed by atoms with E-state index in [1.165, 1.54) is 5.56 Å². The fourth-order valence-electron chi connectivity index (χ4n) is 5.04. The molecule has 0 spiro atoms. The quantitative estimate of drug-likeness (QED) is 0.539. The summed E-state index contributed by atoms with van der Waals surface area (Å²) in [7, 11) is 0. The van der Waals surface area contributed by atoms with Gasteiger partial charge in [-0.25, -0.2) is 0 Å². The van der Waals surface area contributed by atoms with Gasteiger partial charge >= 0.3 is 0 Å². The van der Waals surface area contributed by atoms with E-state index in [4.69, 9.17) is 0 Å². The molecule has 1 N–H and O–H groups in total. The summed E-state index contributed by atoms with van der Waals surface area (Å²) in [6, 6.07) is 21.9. The molecule has 2 atom stereocenters. The topological polar surface area (TPSA) is 49.4 Å². The number of benzene rings is 2. The van der Waals surface area contributed by atoms with Crippen LogP contribution in [0.15, 0.2) is 83.4 Å². The van der Waals surface area contributed by atoms with Crippen molar-refractivity contribution in [2.45, 2.75) is 37.6 Å². The van der Waals surface area contributed by atoms with Crippen molar-refractivity contribution in [3.63, 3.8) is 0 Å². The number of thiophene rings is 1. The summed E-state index contributed by atoms with van der Waals surface area (Å²) < 4.78 is 0. The third kappa shape index (κ3) is 3.28. The van der Waals surface area contributed by atoms with Crippen molar-refractivity contribution in [3.05, 3.63) is 93.8 Å². The SMILES string of the molecule is O=C1CC(c2ccccc2)CC2=C1C(c1cccs1)N(C(=O)C1CC1)c1ccccc1N2. The van der Waals surface area contributed by atoms with E-state index in [2.05, 4.69) is 23.5 Å². The van der Waals surface area contributed by atoms with E-state index in [0.717, 1.165) is 46.8 Å². The molecule has 2 aromatic carbocycles. The van der Waals surface area contributed by atoms with E-state index in [9.17, 15) is 9.59 Å². The molecule has 0 bridgehead atoms. The second-order valence-corrected chi connectivity index (χ2v) is 9.85. The van der Waals surface area contributed by atoms with Crippen LogP contribution in [-0.4, -0.2) is 11.7 Å². The van der Waals surface area contributed by atoms with E-state index >= 15 is 0 Å². The van der Waals surface area contributed by atoms with Crippen molar-refractivity contribution in [3.8, 4) is 0 Å². The number of anilines is 2. The molecule has 6 rings (SSSR count). The number of rotatable bonds is 3. The summed E-state index contributed by atoms with van der Waals surface area (Å²) in [4.78, 5) is 30.3. The highest BCUT2D eigenvalue weighted by molar-refractivity contribution is 7.10. The minimum atomic E-state index is -0.376. The fraction of sp³-hybridized carbons (Fsp3) is 0.259. The number of nitrogens with zero attached hydrogens (tertiary/aromatic N) is 1. The first-order chi connectivity index (χ1) is 15.7. The lowest BCUT2D eigenvalue weighted by Crippen LogP contribution is -2.39. The Labute approximate surface area is 191 Å². The highest BCUT2D eigenvalue weighted by Gasteiger charge is 2.45. The number of hydrogen-bond donors (Lipinski definition) is 1. The minimum absolute atomic E-state index is 0.0587. The molecule has 32 heavy (non-hydrogen) atoms. The summed E-state index contributed by atoms with van der Waals surface area (Å²) in [5.74, 6) is 0.456. The van der Waals surface area contributed by atoms with Gasteiger partial charge in [0.25, 0.3) is 0 Å². The van der Waals surface area contributed by atoms with Crippen LogP contribution < -0.4 is 10.2 Å². The van der Waals surface area contributed by atoms with Gasteiger partial charge in [-0.2, -0.15) is 0 Å². The summed E-state index contributed by atoms with van der Waals surface area (Å²) in [6.45, 7) is 0. The molecule has 1 fully saturated rings. The number of nitrogens with one attached hydrogen (secondary N) is 1. The minimum Gasteiger partial charge on any atom is -0.357 e. The monoisotopic (exact) mass is 440 g/mol. The Morgan fingerprint density at radius 2 is 1.72 bits per heavy atom. The smallest absolute Gasteiger partial charge is 0.231 e. The normalized spacial score (nSPS) is 22.6. The van der Waals surface area contributed by atoms with Crippen molar-refractivity contribution in [1.29, 1.82) is 0 Å². The number of ketones is 1. The standard InChI is InChI=1S/C27H24N2O2S/c30-23-16-19(17-7-2-1-3-8-17)15-21-25(23)26(24-11-6-14-32-24)29(27(31)18-12-13-18)22-10-5-4-9-20(22)28-21/h1-11,14,18-19,26,28H,12-13,15-16H2. The number of hydrogen-bond acceptors (Lipinski definition) is 4. The maximum Gasteiger partial charge on any atom is 0.231 e. The Bertz CT molecular complexity index is 1210. The van der Waals surface area contributed by atoms with E-state index < -0.39 is 0 Å².